The Morgan fingerprint density at radius 2 is 2.25 bits per heavy atom. The van der Waals surface area contributed by atoms with Gasteiger partial charge < -0.3 is 20.1 Å². The van der Waals surface area contributed by atoms with Gasteiger partial charge in [0.25, 0.3) is 0 Å². The SMILES string of the molecule is CCOCc1ccc(NC(=O)CC2COCCN2)cc1. The Hall–Kier alpha value is -1.43. The van der Waals surface area contributed by atoms with Crippen LogP contribution in [-0.2, 0) is 20.9 Å². The standard InChI is InChI=1S/C15H22N2O3/c1-2-19-10-12-3-5-13(6-4-12)17-15(18)9-14-11-20-8-7-16-14/h3-6,14,16H,2,7-11H2,1H3,(H,17,18). The molecule has 2 rings (SSSR count). The average Bonchev–Trinajstić information content (AvgIpc) is 2.47. The number of benzene rings is 1. The van der Waals surface area contributed by atoms with Crippen LogP contribution in [0.1, 0.15) is 18.9 Å². The molecule has 1 saturated heterocycles. The van der Waals surface area contributed by atoms with Crippen LogP contribution in [0.25, 0.3) is 0 Å². The van der Waals surface area contributed by atoms with Crippen LogP contribution in [0.15, 0.2) is 24.3 Å². The molecule has 1 aliphatic heterocycles. The monoisotopic (exact) mass is 278 g/mol. The van der Waals surface area contributed by atoms with Crippen molar-refractivity contribution < 1.29 is 14.3 Å². The van der Waals surface area contributed by atoms with Crippen molar-refractivity contribution in [3.63, 3.8) is 0 Å². The van der Waals surface area contributed by atoms with Crippen LogP contribution >= 0.6 is 0 Å². The molecule has 2 N–H and O–H groups in total. The van der Waals surface area contributed by atoms with Crippen molar-refractivity contribution in [2.24, 2.45) is 0 Å². The van der Waals surface area contributed by atoms with Gasteiger partial charge in [-0.15, -0.1) is 0 Å². The number of hydrogen-bond donors (Lipinski definition) is 2. The summed E-state index contributed by atoms with van der Waals surface area (Å²) in [5, 5.41) is 6.16. The number of rotatable bonds is 6. The first kappa shape index (κ1) is 15.0. The first-order valence-corrected chi connectivity index (χ1v) is 7.05. The number of amides is 1. The summed E-state index contributed by atoms with van der Waals surface area (Å²) in [6.07, 6.45) is 0.431. The van der Waals surface area contributed by atoms with Gasteiger partial charge in [0.05, 0.1) is 19.8 Å². The van der Waals surface area contributed by atoms with Gasteiger partial charge in [0, 0.05) is 31.3 Å². The maximum absolute atomic E-state index is 11.9. The second-order valence-electron chi connectivity index (χ2n) is 4.81. The predicted molar refractivity (Wildman–Crippen MR) is 77.6 cm³/mol. The molecule has 0 aromatic heterocycles. The molecule has 0 radical (unpaired) electrons. The summed E-state index contributed by atoms with van der Waals surface area (Å²) in [5.41, 5.74) is 1.92. The van der Waals surface area contributed by atoms with E-state index in [-0.39, 0.29) is 11.9 Å². The molecule has 5 heteroatoms. The minimum absolute atomic E-state index is 0.00515. The highest BCUT2D eigenvalue weighted by atomic mass is 16.5. The zero-order valence-electron chi connectivity index (χ0n) is 11.9. The van der Waals surface area contributed by atoms with Crippen molar-refractivity contribution in [3.8, 4) is 0 Å². The van der Waals surface area contributed by atoms with E-state index in [4.69, 9.17) is 9.47 Å². The molecule has 1 aromatic rings. The summed E-state index contributed by atoms with van der Waals surface area (Å²) in [7, 11) is 0. The topological polar surface area (TPSA) is 59.6 Å². The van der Waals surface area contributed by atoms with Crippen molar-refractivity contribution >= 4 is 11.6 Å². The van der Waals surface area contributed by atoms with Crippen molar-refractivity contribution in [1.82, 2.24) is 5.32 Å². The molecule has 1 fully saturated rings. The first-order chi connectivity index (χ1) is 9.78. The second-order valence-corrected chi connectivity index (χ2v) is 4.81. The van der Waals surface area contributed by atoms with Crippen molar-refractivity contribution in [2.75, 3.05) is 31.7 Å². The molecule has 1 unspecified atom stereocenters. The quantitative estimate of drug-likeness (QED) is 0.828. The zero-order valence-corrected chi connectivity index (χ0v) is 11.9. The molecule has 5 nitrogen and oxygen atoms in total. The van der Waals surface area contributed by atoms with Crippen LogP contribution in [0, 0.1) is 0 Å². The van der Waals surface area contributed by atoms with E-state index < -0.39 is 0 Å². The van der Waals surface area contributed by atoms with E-state index in [0.717, 1.165) is 24.4 Å². The molecule has 20 heavy (non-hydrogen) atoms. The molecular weight excluding hydrogens is 256 g/mol. The number of ether oxygens (including phenoxy) is 2. The maximum atomic E-state index is 11.9. The van der Waals surface area contributed by atoms with Gasteiger partial charge in [-0.05, 0) is 24.6 Å². The van der Waals surface area contributed by atoms with Crippen LogP contribution in [0.4, 0.5) is 5.69 Å². The van der Waals surface area contributed by atoms with Gasteiger partial charge in [0.15, 0.2) is 0 Å². The fraction of sp³-hybridized carbons (Fsp3) is 0.533. The average molecular weight is 278 g/mol. The van der Waals surface area contributed by atoms with E-state index in [9.17, 15) is 4.79 Å². The predicted octanol–water partition coefficient (Wildman–Crippen LogP) is 1.54. The Kier molecular flexibility index (Phi) is 5.98. The lowest BCUT2D eigenvalue weighted by Crippen LogP contribution is -2.43. The summed E-state index contributed by atoms with van der Waals surface area (Å²) in [6, 6.07) is 7.84. The van der Waals surface area contributed by atoms with Crippen LogP contribution in [0.5, 0.6) is 0 Å². The fourth-order valence-corrected chi connectivity index (χ4v) is 2.09. The van der Waals surface area contributed by atoms with Gasteiger partial charge in [-0.25, -0.2) is 0 Å². The molecule has 1 aromatic carbocycles. The third-order valence-corrected chi connectivity index (χ3v) is 3.14. The van der Waals surface area contributed by atoms with Gasteiger partial charge in [0.1, 0.15) is 0 Å². The normalized spacial score (nSPS) is 18.8. The molecule has 110 valence electrons. The van der Waals surface area contributed by atoms with Crippen LogP contribution in [0.2, 0.25) is 0 Å². The van der Waals surface area contributed by atoms with E-state index in [1.807, 2.05) is 31.2 Å². The Morgan fingerprint density at radius 3 is 2.90 bits per heavy atom. The summed E-state index contributed by atoms with van der Waals surface area (Å²) >= 11 is 0. The highest BCUT2D eigenvalue weighted by Crippen LogP contribution is 2.11. The first-order valence-electron chi connectivity index (χ1n) is 7.05. The van der Waals surface area contributed by atoms with E-state index in [1.54, 1.807) is 0 Å². The van der Waals surface area contributed by atoms with Crippen molar-refractivity contribution in [3.05, 3.63) is 29.8 Å². The van der Waals surface area contributed by atoms with Crippen molar-refractivity contribution in [1.29, 1.82) is 0 Å². The molecule has 0 spiro atoms. The van der Waals surface area contributed by atoms with Gasteiger partial charge >= 0.3 is 0 Å². The fourth-order valence-electron chi connectivity index (χ4n) is 2.09. The highest BCUT2D eigenvalue weighted by molar-refractivity contribution is 5.91. The van der Waals surface area contributed by atoms with Crippen LogP contribution < -0.4 is 10.6 Å². The van der Waals surface area contributed by atoms with Crippen molar-refractivity contribution in [2.45, 2.75) is 26.0 Å². The third-order valence-electron chi connectivity index (χ3n) is 3.14. The Bertz CT molecular complexity index is 414. The molecule has 1 atom stereocenters. The number of hydrogen-bond acceptors (Lipinski definition) is 4. The van der Waals surface area contributed by atoms with E-state index in [1.165, 1.54) is 0 Å². The molecule has 0 saturated carbocycles. The lowest BCUT2D eigenvalue weighted by Gasteiger charge is -2.23. The summed E-state index contributed by atoms with van der Waals surface area (Å²) in [4.78, 5) is 11.9. The minimum atomic E-state index is 0.00515. The van der Waals surface area contributed by atoms with Gasteiger partial charge in [-0.2, -0.15) is 0 Å². The van der Waals surface area contributed by atoms with Gasteiger partial charge in [-0.1, -0.05) is 12.1 Å². The molecule has 0 bridgehead atoms. The van der Waals surface area contributed by atoms with Gasteiger partial charge in [-0.3, -0.25) is 4.79 Å². The molecule has 1 heterocycles. The van der Waals surface area contributed by atoms with Crippen LogP contribution in [-0.4, -0.2) is 38.3 Å². The Morgan fingerprint density at radius 1 is 1.45 bits per heavy atom. The lowest BCUT2D eigenvalue weighted by molar-refractivity contribution is -0.117. The molecule has 1 amide bonds. The second kappa shape index (κ2) is 7.99. The Balaban J connectivity index is 1.78. The van der Waals surface area contributed by atoms with Gasteiger partial charge in [0.2, 0.25) is 5.91 Å². The number of morpholine rings is 1. The molecular formula is C15H22N2O3. The number of carbonyl (C=O) groups excluding carboxylic acids is 1. The van der Waals surface area contributed by atoms with Crippen LogP contribution in [0.3, 0.4) is 0 Å². The smallest absolute Gasteiger partial charge is 0.226 e. The molecule has 1 aliphatic rings. The minimum Gasteiger partial charge on any atom is -0.378 e. The molecule has 0 aliphatic carbocycles. The third kappa shape index (κ3) is 4.92. The number of nitrogens with one attached hydrogen (secondary N) is 2. The highest BCUT2D eigenvalue weighted by Gasteiger charge is 2.16. The van der Waals surface area contributed by atoms with E-state index in [0.29, 0.717) is 26.2 Å². The Labute approximate surface area is 119 Å². The van der Waals surface area contributed by atoms with E-state index in [2.05, 4.69) is 10.6 Å². The maximum Gasteiger partial charge on any atom is 0.226 e. The van der Waals surface area contributed by atoms with E-state index >= 15 is 0 Å². The summed E-state index contributed by atoms with van der Waals surface area (Å²) < 4.78 is 10.7. The number of carbonyl (C=O) groups is 1. The number of anilines is 1. The lowest BCUT2D eigenvalue weighted by atomic mass is 10.1. The summed E-state index contributed by atoms with van der Waals surface area (Å²) in [5.74, 6) is 0.00515. The largest absolute Gasteiger partial charge is 0.378 e. The summed E-state index contributed by atoms with van der Waals surface area (Å²) in [6.45, 7) is 5.41. The zero-order chi connectivity index (χ0) is 14.2.